The SMILES string of the molecule is Cc1c(Br)c(Br)c(Br)c2c1NC(N(C)C)N2. The van der Waals surface area contributed by atoms with Gasteiger partial charge in [-0.3, -0.25) is 4.90 Å². The molecule has 0 aromatic heterocycles. The number of hydrogen-bond acceptors (Lipinski definition) is 3. The number of hydrogen-bond donors (Lipinski definition) is 2. The molecule has 0 saturated carbocycles. The molecule has 1 unspecified atom stereocenters. The Kier molecular flexibility index (Phi) is 3.55. The molecule has 16 heavy (non-hydrogen) atoms. The zero-order valence-electron chi connectivity index (χ0n) is 9.16. The van der Waals surface area contributed by atoms with Gasteiger partial charge in [0.25, 0.3) is 0 Å². The number of nitrogens with zero attached hydrogens (tertiary/aromatic N) is 1. The first kappa shape index (κ1) is 12.7. The summed E-state index contributed by atoms with van der Waals surface area (Å²) in [4.78, 5) is 2.09. The molecule has 0 spiro atoms. The molecule has 1 aromatic rings. The van der Waals surface area contributed by atoms with Gasteiger partial charge in [0.15, 0.2) is 6.29 Å². The van der Waals surface area contributed by atoms with Crippen molar-refractivity contribution in [2.45, 2.75) is 13.2 Å². The summed E-state index contributed by atoms with van der Waals surface area (Å²) in [5.74, 6) is 0. The first-order valence-electron chi connectivity index (χ1n) is 4.80. The third-order valence-electron chi connectivity index (χ3n) is 2.64. The van der Waals surface area contributed by atoms with Gasteiger partial charge in [-0.1, -0.05) is 0 Å². The predicted octanol–water partition coefficient (Wildman–Crippen LogP) is 3.97. The second kappa shape index (κ2) is 4.48. The number of rotatable bonds is 1. The molecule has 0 saturated heterocycles. The second-order valence-electron chi connectivity index (χ2n) is 3.97. The summed E-state index contributed by atoms with van der Waals surface area (Å²) in [6.07, 6.45) is 0.131. The van der Waals surface area contributed by atoms with Crippen LogP contribution in [0.25, 0.3) is 0 Å². The molecular formula is C10H12Br3N3. The van der Waals surface area contributed by atoms with E-state index in [-0.39, 0.29) is 6.29 Å². The summed E-state index contributed by atoms with van der Waals surface area (Å²) < 4.78 is 3.15. The Hall–Kier alpha value is 0.220. The normalized spacial score (nSPS) is 18.3. The highest BCUT2D eigenvalue weighted by Gasteiger charge is 2.27. The van der Waals surface area contributed by atoms with Gasteiger partial charge in [0.1, 0.15) is 0 Å². The average molecular weight is 414 g/mol. The van der Waals surface area contributed by atoms with Crippen LogP contribution in [0.4, 0.5) is 11.4 Å². The standard InChI is InChI=1S/C10H12Br3N3/c1-4-5(11)6(12)7(13)9-8(4)14-10(15-9)16(2)3/h10,14-15H,1-3H3. The average Bonchev–Trinajstić information content (AvgIpc) is 2.68. The van der Waals surface area contributed by atoms with Crippen LogP contribution in [0.3, 0.4) is 0 Å². The molecular weight excluding hydrogens is 402 g/mol. The van der Waals surface area contributed by atoms with Crippen LogP contribution in [-0.2, 0) is 0 Å². The Morgan fingerprint density at radius 2 is 1.50 bits per heavy atom. The molecule has 0 bridgehead atoms. The van der Waals surface area contributed by atoms with Crippen LogP contribution >= 0.6 is 47.8 Å². The molecule has 3 nitrogen and oxygen atoms in total. The molecule has 1 atom stereocenters. The van der Waals surface area contributed by atoms with Crippen LogP contribution in [0.15, 0.2) is 13.4 Å². The van der Waals surface area contributed by atoms with Crippen LogP contribution in [-0.4, -0.2) is 25.3 Å². The third kappa shape index (κ3) is 1.89. The fourth-order valence-electron chi connectivity index (χ4n) is 1.66. The Balaban J connectivity index is 2.53. The summed E-state index contributed by atoms with van der Waals surface area (Å²) in [6.45, 7) is 2.09. The number of fused-ring (bicyclic) bond motifs is 1. The summed E-state index contributed by atoms with van der Waals surface area (Å²) >= 11 is 10.7. The van der Waals surface area contributed by atoms with Gasteiger partial charge < -0.3 is 10.6 Å². The molecule has 0 radical (unpaired) electrons. The Bertz CT molecular complexity index is 409. The number of nitrogens with one attached hydrogen (secondary N) is 2. The monoisotopic (exact) mass is 411 g/mol. The molecule has 88 valence electrons. The van der Waals surface area contributed by atoms with E-state index in [2.05, 4.69) is 70.2 Å². The first-order chi connectivity index (χ1) is 7.43. The van der Waals surface area contributed by atoms with Gasteiger partial charge in [-0.25, -0.2) is 0 Å². The molecule has 0 fully saturated rings. The van der Waals surface area contributed by atoms with Crippen LogP contribution in [0.5, 0.6) is 0 Å². The fraction of sp³-hybridized carbons (Fsp3) is 0.400. The van der Waals surface area contributed by atoms with Gasteiger partial charge in [0.05, 0.1) is 15.8 Å². The molecule has 1 aromatic carbocycles. The maximum Gasteiger partial charge on any atom is 0.155 e. The van der Waals surface area contributed by atoms with Gasteiger partial charge >= 0.3 is 0 Å². The highest BCUT2D eigenvalue weighted by molar-refractivity contribution is 9.14. The Morgan fingerprint density at radius 1 is 0.938 bits per heavy atom. The minimum Gasteiger partial charge on any atom is -0.351 e. The van der Waals surface area contributed by atoms with E-state index in [1.807, 2.05) is 14.1 Å². The van der Waals surface area contributed by atoms with Gasteiger partial charge in [-0.05, 0) is 74.4 Å². The van der Waals surface area contributed by atoms with Gasteiger partial charge in [0.2, 0.25) is 0 Å². The predicted molar refractivity (Wildman–Crippen MR) is 79.0 cm³/mol. The van der Waals surface area contributed by atoms with Crippen molar-refractivity contribution in [3.8, 4) is 0 Å². The van der Waals surface area contributed by atoms with E-state index in [1.54, 1.807) is 0 Å². The van der Waals surface area contributed by atoms with E-state index in [9.17, 15) is 0 Å². The van der Waals surface area contributed by atoms with Crippen molar-refractivity contribution in [2.75, 3.05) is 24.7 Å². The van der Waals surface area contributed by atoms with E-state index < -0.39 is 0 Å². The topological polar surface area (TPSA) is 27.3 Å². The lowest BCUT2D eigenvalue weighted by Crippen LogP contribution is -2.37. The maximum absolute atomic E-state index is 3.59. The van der Waals surface area contributed by atoms with Crippen LogP contribution in [0, 0.1) is 6.92 Å². The second-order valence-corrected chi connectivity index (χ2v) is 6.35. The van der Waals surface area contributed by atoms with Crippen molar-refractivity contribution in [1.82, 2.24) is 4.90 Å². The smallest absolute Gasteiger partial charge is 0.155 e. The highest BCUT2D eigenvalue weighted by Crippen LogP contribution is 2.47. The lowest BCUT2D eigenvalue weighted by Gasteiger charge is -2.20. The fourth-order valence-corrected chi connectivity index (χ4v) is 3.33. The molecule has 2 N–H and O–H groups in total. The molecule has 2 rings (SSSR count). The van der Waals surface area contributed by atoms with E-state index >= 15 is 0 Å². The molecule has 0 amide bonds. The van der Waals surface area contributed by atoms with E-state index in [4.69, 9.17) is 0 Å². The minimum absolute atomic E-state index is 0.131. The van der Waals surface area contributed by atoms with Gasteiger partial charge in [0, 0.05) is 8.95 Å². The van der Waals surface area contributed by atoms with Crippen LogP contribution < -0.4 is 10.6 Å². The first-order valence-corrected chi connectivity index (χ1v) is 7.18. The highest BCUT2D eigenvalue weighted by atomic mass is 79.9. The van der Waals surface area contributed by atoms with Crippen molar-refractivity contribution in [3.05, 3.63) is 19.0 Å². The van der Waals surface area contributed by atoms with E-state index in [1.165, 1.54) is 5.56 Å². The molecule has 6 heteroatoms. The maximum atomic E-state index is 3.59. The van der Waals surface area contributed by atoms with E-state index in [0.29, 0.717) is 0 Å². The lowest BCUT2D eigenvalue weighted by molar-refractivity contribution is 0.358. The largest absolute Gasteiger partial charge is 0.351 e. The summed E-state index contributed by atoms with van der Waals surface area (Å²) in [7, 11) is 4.06. The quantitative estimate of drug-likeness (QED) is 0.682. The summed E-state index contributed by atoms with van der Waals surface area (Å²) in [5, 5.41) is 6.87. The summed E-state index contributed by atoms with van der Waals surface area (Å²) in [6, 6.07) is 0. The van der Waals surface area contributed by atoms with Crippen molar-refractivity contribution < 1.29 is 0 Å². The minimum atomic E-state index is 0.131. The van der Waals surface area contributed by atoms with Crippen molar-refractivity contribution >= 4 is 59.2 Å². The Morgan fingerprint density at radius 3 is 2.06 bits per heavy atom. The molecule has 1 aliphatic rings. The van der Waals surface area contributed by atoms with E-state index in [0.717, 1.165) is 24.8 Å². The van der Waals surface area contributed by atoms with Gasteiger partial charge in [-0.15, -0.1) is 0 Å². The number of halogens is 3. The van der Waals surface area contributed by atoms with Crippen LogP contribution in [0.2, 0.25) is 0 Å². The van der Waals surface area contributed by atoms with Crippen molar-refractivity contribution in [1.29, 1.82) is 0 Å². The molecule has 1 heterocycles. The number of benzene rings is 1. The van der Waals surface area contributed by atoms with Gasteiger partial charge in [-0.2, -0.15) is 0 Å². The summed E-state index contributed by atoms with van der Waals surface area (Å²) in [5.41, 5.74) is 3.44. The third-order valence-corrected chi connectivity index (χ3v) is 6.28. The van der Waals surface area contributed by atoms with Crippen molar-refractivity contribution in [2.24, 2.45) is 0 Å². The molecule has 0 aliphatic carbocycles. The zero-order valence-corrected chi connectivity index (χ0v) is 13.9. The Labute approximate surface area is 120 Å². The lowest BCUT2D eigenvalue weighted by atomic mass is 10.2. The van der Waals surface area contributed by atoms with Crippen LogP contribution in [0.1, 0.15) is 5.56 Å². The van der Waals surface area contributed by atoms with Crippen molar-refractivity contribution in [3.63, 3.8) is 0 Å². The number of anilines is 2. The zero-order chi connectivity index (χ0) is 12.0. The molecule has 1 aliphatic heterocycles.